The van der Waals surface area contributed by atoms with Crippen molar-refractivity contribution in [3.8, 4) is 22.3 Å². The van der Waals surface area contributed by atoms with Crippen LogP contribution in [-0.4, -0.2) is 0 Å². The lowest BCUT2D eigenvalue weighted by molar-refractivity contribution is 1.47. The van der Waals surface area contributed by atoms with Gasteiger partial charge in [0.15, 0.2) is 0 Å². The Morgan fingerprint density at radius 1 is 0.232 bits per heavy atom. The van der Waals surface area contributed by atoms with Crippen molar-refractivity contribution in [2.45, 2.75) is 13.8 Å². The van der Waals surface area contributed by atoms with Crippen LogP contribution in [0.1, 0.15) is 11.1 Å². The van der Waals surface area contributed by atoms with Crippen LogP contribution in [0.25, 0.3) is 130 Å². The first-order valence-corrected chi connectivity index (χ1v) is 19.8. The van der Waals surface area contributed by atoms with Crippen LogP contribution in [0, 0.1) is 13.8 Å². The number of fused-ring (bicyclic) bond motifs is 16. The molecule has 0 nitrogen and oxygen atoms in total. The lowest BCUT2D eigenvalue weighted by atomic mass is 9.85. The van der Waals surface area contributed by atoms with E-state index >= 15 is 0 Å². The predicted molar refractivity (Wildman–Crippen MR) is 244 cm³/mol. The Morgan fingerprint density at radius 3 is 0.929 bits per heavy atom. The molecule has 0 saturated heterocycles. The maximum atomic E-state index is 2.57. The fraction of sp³-hybridized carbons (Fsp3) is 0.0357. The van der Waals surface area contributed by atoms with Crippen LogP contribution in [0.3, 0.4) is 0 Å². The van der Waals surface area contributed by atoms with Gasteiger partial charge in [0.05, 0.1) is 0 Å². The van der Waals surface area contributed by atoms with Crippen molar-refractivity contribution in [1.82, 2.24) is 0 Å². The zero-order chi connectivity index (χ0) is 36.8. The molecular weight excluding hydrogens is 673 g/mol. The van der Waals surface area contributed by atoms with Gasteiger partial charge in [-0.1, -0.05) is 157 Å². The molecule has 0 bridgehead atoms. The van der Waals surface area contributed by atoms with Crippen LogP contribution < -0.4 is 0 Å². The largest absolute Gasteiger partial charge is 0.0616 e. The number of hydrogen-bond donors (Lipinski definition) is 0. The minimum Gasteiger partial charge on any atom is -0.0616 e. The van der Waals surface area contributed by atoms with Gasteiger partial charge in [-0.05, 0) is 168 Å². The summed E-state index contributed by atoms with van der Waals surface area (Å²) in [6.07, 6.45) is 0. The van der Waals surface area contributed by atoms with Gasteiger partial charge in [-0.15, -0.1) is 0 Å². The zero-order valence-electron chi connectivity index (χ0n) is 31.2. The summed E-state index contributed by atoms with van der Waals surface area (Å²) >= 11 is 0. The van der Waals surface area contributed by atoms with Gasteiger partial charge in [0.1, 0.15) is 0 Å². The Morgan fingerprint density at radius 2 is 0.536 bits per heavy atom. The molecule has 0 spiro atoms. The highest BCUT2D eigenvalue weighted by Crippen LogP contribution is 2.56. The molecule has 56 heavy (non-hydrogen) atoms. The van der Waals surface area contributed by atoms with E-state index in [2.05, 4.69) is 184 Å². The third-order valence-electron chi connectivity index (χ3n) is 13.0. The monoisotopic (exact) mass is 706 g/mol. The molecule has 0 N–H and O–H groups in total. The second-order valence-electron chi connectivity index (χ2n) is 16.1. The lowest BCUT2D eigenvalue weighted by Gasteiger charge is -2.17. The van der Waals surface area contributed by atoms with Crippen LogP contribution in [0.15, 0.2) is 170 Å². The molecule has 0 radical (unpaired) electrons. The Kier molecular flexibility index (Phi) is 5.85. The first-order valence-electron chi connectivity index (χ1n) is 19.8. The van der Waals surface area contributed by atoms with Crippen LogP contribution in [-0.2, 0) is 0 Å². The Hall–Kier alpha value is -7.02. The van der Waals surface area contributed by atoms with Gasteiger partial charge in [0, 0.05) is 0 Å². The maximum absolute atomic E-state index is 2.57. The van der Waals surface area contributed by atoms with Crippen molar-refractivity contribution >= 4 is 108 Å². The summed E-state index contributed by atoms with van der Waals surface area (Å²) in [5.74, 6) is 0. The first kappa shape index (κ1) is 30.3. The molecule has 0 aromatic heterocycles. The standard InChI is InChI=1S/C56H34/c1-31-19-23-33(24-20-31)43-27-35-11-3-5-13-37(35)49-45(43)29-47-51-40-16-8-10-18-42(40)54-50-38-14-6-4-12-36(38)28-44(34-25-21-32(2)22-26-34)46(50)30-48(56(51)54)52-39-15-7-9-17-41(39)53(49)55(47)52/h3-30H,1-2H3. The summed E-state index contributed by atoms with van der Waals surface area (Å²) in [7, 11) is 0. The number of rotatable bonds is 2. The van der Waals surface area contributed by atoms with Crippen LogP contribution >= 0.6 is 0 Å². The molecule has 0 atom stereocenters. The van der Waals surface area contributed by atoms with Gasteiger partial charge in [-0.3, -0.25) is 0 Å². The number of hydrogen-bond acceptors (Lipinski definition) is 0. The quantitative estimate of drug-likeness (QED) is 0.124. The van der Waals surface area contributed by atoms with Gasteiger partial charge in [0.25, 0.3) is 0 Å². The summed E-state index contributed by atoms with van der Waals surface area (Å²) in [6, 6.07) is 64.6. The molecule has 0 aliphatic heterocycles. The van der Waals surface area contributed by atoms with E-state index in [9.17, 15) is 0 Å². The maximum Gasteiger partial charge on any atom is -0.000696 e. The minimum atomic E-state index is 1.25. The van der Waals surface area contributed by atoms with Crippen molar-refractivity contribution in [3.63, 3.8) is 0 Å². The minimum absolute atomic E-state index is 1.25. The van der Waals surface area contributed by atoms with E-state index in [1.807, 2.05) is 0 Å². The molecule has 0 unspecified atom stereocenters. The van der Waals surface area contributed by atoms with Crippen LogP contribution in [0.5, 0.6) is 0 Å². The smallest absolute Gasteiger partial charge is 0.000696 e. The SMILES string of the molecule is Cc1ccc(-c2cc3ccccc3c3c2cc2c4c5ccccc5c5c6c(cc(c7c8ccccc8c3c27)c45)c(-c2ccc(C)cc2)cc2ccccc26)cc1. The highest BCUT2D eigenvalue weighted by atomic mass is 14.3. The summed E-state index contributed by atoms with van der Waals surface area (Å²) in [5, 5.41) is 26.7. The van der Waals surface area contributed by atoms with Crippen molar-refractivity contribution < 1.29 is 0 Å². The van der Waals surface area contributed by atoms with Crippen molar-refractivity contribution in [1.29, 1.82) is 0 Å². The second-order valence-corrected chi connectivity index (χ2v) is 16.1. The van der Waals surface area contributed by atoms with Crippen LogP contribution in [0.4, 0.5) is 0 Å². The topological polar surface area (TPSA) is 0 Å². The van der Waals surface area contributed by atoms with E-state index in [0.717, 1.165) is 0 Å². The highest BCUT2D eigenvalue weighted by molar-refractivity contribution is 6.54. The fourth-order valence-electron chi connectivity index (χ4n) is 10.6. The van der Waals surface area contributed by atoms with E-state index in [1.54, 1.807) is 0 Å². The molecule has 0 heterocycles. The number of aryl methyl sites for hydroxylation is 2. The van der Waals surface area contributed by atoms with Gasteiger partial charge in [-0.2, -0.15) is 0 Å². The Balaban J connectivity index is 1.37. The average molecular weight is 707 g/mol. The molecule has 0 fully saturated rings. The third-order valence-corrected chi connectivity index (χ3v) is 13.0. The molecule has 0 aliphatic carbocycles. The lowest BCUT2D eigenvalue weighted by Crippen LogP contribution is -1.89. The molecule has 0 aliphatic rings. The summed E-state index contributed by atoms with van der Waals surface area (Å²) in [5.41, 5.74) is 7.63. The molecule has 13 aromatic rings. The summed E-state index contributed by atoms with van der Waals surface area (Å²) in [4.78, 5) is 0. The van der Waals surface area contributed by atoms with E-state index in [4.69, 9.17) is 0 Å². The summed E-state index contributed by atoms with van der Waals surface area (Å²) < 4.78 is 0. The number of benzene rings is 11. The van der Waals surface area contributed by atoms with Crippen LogP contribution in [0.2, 0.25) is 0 Å². The molecule has 13 aromatic carbocycles. The van der Waals surface area contributed by atoms with Gasteiger partial charge in [0.2, 0.25) is 0 Å². The molecule has 0 heteroatoms. The molecule has 0 amide bonds. The van der Waals surface area contributed by atoms with Gasteiger partial charge < -0.3 is 0 Å². The normalized spacial score (nSPS) is 12.5. The average Bonchev–Trinajstić information content (AvgIpc) is 3.78. The Labute approximate surface area is 323 Å². The van der Waals surface area contributed by atoms with Crippen molar-refractivity contribution in [3.05, 3.63) is 181 Å². The van der Waals surface area contributed by atoms with Crippen molar-refractivity contribution in [2.24, 2.45) is 0 Å². The Bertz CT molecular complexity index is 3540. The molecule has 0 saturated carbocycles. The highest BCUT2D eigenvalue weighted by Gasteiger charge is 2.27. The van der Waals surface area contributed by atoms with Gasteiger partial charge >= 0.3 is 0 Å². The fourth-order valence-corrected chi connectivity index (χ4v) is 10.6. The third kappa shape index (κ3) is 3.83. The zero-order valence-corrected chi connectivity index (χ0v) is 31.2. The molecular formula is C56H34. The van der Waals surface area contributed by atoms with E-state index in [-0.39, 0.29) is 0 Å². The predicted octanol–water partition coefficient (Wildman–Crippen LogP) is 16.0. The summed E-state index contributed by atoms with van der Waals surface area (Å²) in [6.45, 7) is 4.35. The first-order chi connectivity index (χ1) is 27.6. The van der Waals surface area contributed by atoms with E-state index in [1.165, 1.54) is 141 Å². The van der Waals surface area contributed by atoms with Gasteiger partial charge in [-0.25, -0.2) is 0 Å². The van der Waals surface area contributed by atoms with E-state index in [0.29, 0.717) is 0 Å². The van der Waals surface area contributed by atoms with E-state index < -0.39 is 0 Å². The molecule has 13 rings (SSSR count). The second kappa shape index (κ2) is 10.8. The molecule has 258 valence electrons. The van der Waals surface area contributed by atoms with Crippen molar-refractivity contribution in [2.75, 3.05) is 0 Å².